The van der Waals surface area contributed by atoms with Gasteiger partial charge in [-0.3, -0.25) is 0 Å². The van der Waals surface area contributed by atoms with Gasteiger partial charge in [0.25, 0.3) is 0 Å². The molecule has 0 radical (unpaired) electrons. The first-order chi connectivity index (χ1) is 19.0. The summed E-state index contributed by atoms with van der Waals surface area (Å²) >= 11 is 0. The van der Waals surface area contributed by atoms with Crippen LogP contribution in [-0.4, -0.2) is 0 Å². The molecular formula is C40H56. The van der Waals surface area contributed by atoms with Crippen molar-refractivity contribution >= 4 is 0 Å². The minimum Gasteiger partial charge on any atom is -0.0856 e. The highest BCUT2D eigenvalue weighted by Gasteiger charge is 1.88. The summed E-state index contributed by atoms with van der Waals surface area (Å²) in [7, 11) is 0. The van der Waals surface area contributed by atoms with E-state index in [1.807, 2.05) is 0 Å². The Morgan fingerprint density at radius 2 is 0.625 bits per heavy atom. The van der Waals surface area contributed by atoms with Crippen molar-refractivity contribution in [2.45, 2.75) is 94.9 Å². The van der Waals surface area contributed by atoms with Gasteiger partial charge in [0.1, 0.15) is 0 Å². The minimum absolute atomic E-state index is 1.12. The van der Waals surface area contributed by atoms with E-state index in [-0.39, 0.29) is 0 Å². The van der Waals surface area contributed by atoms with Crippen LogP contribution in [0.4, 0.5) is 0 Å². The average Bonchev–Trinajstić information content (AvgIpc) is 2.86. The van der Waals surface area contributed by atoms with Gasteiger partial charge in [-0.05, 0) is 94.9 Å². The van der Waals surface area contributed by atoms with Gasteiger partial charge in [0.15, 0.2) is 0 Å². The summed E-state index contributed by atoms with van der Waals surface area (Å²) in [5, 5.41) is 0. The van der Waals surface area contributed by atoms with Crippen LogP contribution in [0.5, 0.6) is 0 Å². The fourth-order valence-electron chi connectivity index (χ4n) is 3.41. The second-order valence-electron chi connectivity index (χ2n) is 11.1. The highest BCUT2D eigenvalue weighted by atomic mass is 13.9. The topological polar surface area (TPSA) is 0 Å². The van der Waals surface area contributed by atoms with Crippen LogP contribution in [-0.2, 0) is 0 Å². The molecule has 40 heavy (non-hydrogen) atoms. The highest BCUT2D eigenvalue weighted by Crippen LogP contribution is 2.09. The molecular weight excluding hydrogens is 480 g/mol. The van der Waals surface area contributed by atoms with Crippen LogP contribution >= 0.6 is 0 Å². The van der Waals surface area contributed by atoms with Gasteiger partial charge in [0, 0.05) is 0 Å². The molecule has 0 aromatic carbocycles. The smallest absolute Gasteiger partial charge is 0.0285 e. The van der Waals surface area contributed by atoms with Gasteiger partial charge in [-0.1, -0.05) is 154 Å². The molecule has 0 fully saturated rings. The van der Waals surface area contributed by atoms with E-state index in [1.54, 1.807) is 0 Å². The Morgan fingerprint density at radius 3 is 0.925 bits per heavy atom. The van der Waals surface area contributed by atoms with E-state index in [2.05, 4.69) is 179 Å². The molecule has 0 saturated carbocycles. The number of hydrogen-bond acceptors (Lipinski definition) is 0. The van der Waals surface area contributed by atoms with E-state index in [9.17, 15) is 0 Å². The summed E-state index contributed by atoms with van der Waals surface area (Å²) in [5.74, 6) is 0. The van der Waals surface area contributed by atoms with Crippen LogP contribution in [0, 0.1) is 0 Å². The molecule has 0 heteroatoms. The van der Waals surface area contributed by atoms with E-state index in [0.29, 0.717) is 0 Å². The SMILES string of the molecule is CC(C)=CCC/C(C)=C/C=C\C(C)=C\C=C/C(C)=C/C=C\C=C(C)\C=C/C=C(C)/C=C\C=C(/C)CCC=C(C)C. The largest absolute Gasteiger partial charge is 0.0856 e. The first-order valence-corrected chi connectivity index (χ1v) is 14.7. The highest BCUT2D eigenvalue weighted by molar-refractivity contribution is 5.32. The van der Waals surface area contributed by atoms with Crippen molar-refractivity contribution in [3.8, 4) is 0 Å². The molecule has 0 rings (SSSR count). The predicted octanol–water partition coefficient (Wildman–Crippen LogP) is 12.9. The van der Waals surface area contributed by atoms with Crippen molar-refractivity contribution in [3.05, 3.63) is 154 Å². The Hall–Kier alpha value is -3.38. The molecule has 0 bridgehead atoms. The molecule has 0 aliphatic heterocycles. The van der Waals surface area contributed by atoms with Crippen LogP contribution in [0.15, 0.2) is 154 Å². The zero-order valence-electron chi connectivity index (χ0n) is 27.2. The molecule has 0 unspecified atom stereocenters. The zero-order chi connectivity index (χ0) is 30.2. The lowest BCUT2D eigenvalue weighted by Crippen LogP contribution is -1.76. The van der Waals surface area contributed by atoms with Gasteiger partial charge in [0.2, 0.25) is 0 Å². The molecule has 0 amide bonds. The van der Waals surface area contributed by atoms with Gasteiger partial charge in [0.05, 0.1) is 0 Å². The Kier molecular flexibility index (Phi) is 21.5. The van der Waals surface area contributed by atoms with E-state index in [1.165, 1.54) is 44.6 Å². The second-order valence-corrected chi connectivity index (χ2v) is 11.1. The lowest BCUT2D eigenvalue weighted by Gasteiger charge is -1.96. The van der Waals surface area contributed by atoms with Gasteiger partial charge in [-0.2, -0.15) is 0 Å². The van der Waals surface area contributed by atoms with Crippen molar-refractivity contribution in [1.29, 1.82) is 0 Å². The number of rotatable bonds is 16. The Labute approximate surface area is 248 Å². The molecule has 0 saturated heterocycles. The number of allylic oxidation sites excluding steroid dienone is 26. The van der Waals surface area contributed by atoms with E-state index >= 15 is 0 Å². The number of hydrogen-bond donors (Lipinski definition) is 0. The Bertz CT molecular complexity index is 1050. The molecule has 0 N–H and O–H groups in total. The summed E-state index contributed by atoms with van der Waals surface area (Å²) < 4.78 is 0. The molecule has 216 valence electrons. The molecule has 0 aliphatic carbocycles. The Balaban J connectivity index is 4.70. The predicted molar refractivity (Wildman–Crippen MR) is 186 cm³/mol. The van der Waals surface area contributed by atoms with Crippen molar-refractivity contribution in [1.82, 2.24) is 0 Å². The Morgan fingerprint density at radius 1 is 0.350 bits per heavy atom. The van der Waals surface area contributed by atoms with Crippen molar-refractivity contribution in [2.75, 3.05) is 0 Å². The lowest BCUT2D eigenvalue weighted by atomic mass is 10.1. The first-order valence-electron chi connectivity index (χ1n) is 14.7. The fourth-order valence-corrected chi connectivity index (χ4v) is 3.41. The third kappa shape index (κ3) is 24.9. The average molecular weight is 537 g/mol. The third-order valence-corrected chi connectivity index (χ3v) is 5.93. The maximum atomic E-state index is 2.30. The van der Waals surface area contributed by atoms with Gasteiger partial charge >= 0.3 is 0 Å². The van der Waals surface area contributed by atoms with Crippen LogP contribution in [0.2, 0.25) is 0 Å². The monoisotopic (exact) mass is 536 g/mol. The molecule has 0 aromatic rings. The molecule has 0 nitrogen and oxygen atoms in total. The van der Waals surface area contributed by atoms with Crippen LogP contribution in [0.25, 0.3) is 0 Å². The lowest BCUT2D eigenvalue weighted by molar-refractivity contribution is 0.967. The van der Waals surface area contributed by atoms with E-state index in [0.717, 1.165) is 25.7 Å². The minimum atomic E-state index is 1.12. The van der Waals surface area contributed by atoms with Gasteiger partial charge in [-0.25, -0.2) is 0 Å². The summed E-state index contributed by atoms with van der Waals surface area (Å²) in [6, 6.07) is 0. The van der Waals surface area contributed by atoms with Crippen molar-refractivity contribution in [2.24, 2.45) is 0 Å². The van der Waals surface area contributed by atoms with Crippen molar-refractivity contribution < 1.29 is 0 Å². The normalized spacial score (nSPS) is 15.1. The zero-order valence-corrected chi connectivity index (χ0v) is 27.2. The fraction of sp³-hybridized carbons (Fsp3) is 0.350. The molecule has 0 spiro atoms. The van der Waals surface area contributed by atoms with Gasteiger partial charge in [-0.15, -0.1) is 0 Å². The third-order valence-electron chi connectivity index (χ3n) is 5.93. The maximum Gasteiger partial charge on any atom is -0.0285 e. The molecule has 0 atom stereocenters. The van der Waals surface area contributed by atoms with E-state index in [4.69, 9.17) is 0 Å². The van der Waals surface area contributed by atoms with Gasteiger partial charge < -0.3 is 0 Å². The standard InChI is InChI=1S/C40H56/c1-33(2)19-13-23-37(7)27-17-31-39(9)29-15-25-35(5)21-11-12-22-36(6)26-16-30-40(10)32-18-28-38(8)24-14-20-34(3)4/h11-12,15-22,25-32H,13-14,23-24H2,1-10H3/b12-11-,25-15-,26-16-,31-17-,32-18-,35-21+,36-22+,37-27+,38-28+,39-29+,40-30+. The molecule has 0 aliphatic rings. The first kappa shape index (κ1) is 36.6. The van der Waals surface area contributed by atoms with Crippen LogP contribution in [0.1, 0.15) is 94.9 Å². The van der Waals surface area contributed by atoms with Crippen LogP contribution in [0.3, 0.4) is 0 Å². The molecule has 0 heterocycles. The summed E-state index contributed by atoms with van der Waals surface area (Å²) in [4.78, 5) is 0. The second kappa shape index (κ2) is 23.5. The summed E-state index contributed by atoms with van der Waals surface area (Å²) in [6.07, 6.45) is 43.3. The summed E-state index contributed by atoms with van der Waals surface area (Å²) in [5.41, 5.74) is 10.5. The van der Waals surface area contributed by atoms with Crippen molar-refractivity contribution in [3.63, 3.8) is 0 Å². The van der Waals surface area contributed by atoms with Crippen LogP contribution < -0.4 is 0 Å². The quantitative estimate of drug-likeness (QED) is 0.136. The maximum absolute atomic E-state index is 2.30. The summed E-state index contributed by atoms with van der Waals surface area (Å²) in [6.45, 7) is 21.5. The van der Waals surface area contributed by atoms with E-state index < -0.39 is 0 Å². The molecule has 0 aromatic heterocycles.